The number of likely N-dealkylation sites (N-methyl/N-ethyl adjacent to an activating group) is 1. The molecular formula is C32H54N2O4S. The van der Waals surface area contributed by atoms with Crippen LogP contribution in [-0.4, -0.2) is 85.1 Å². The van der Waals surface area contributed by atoms with Gasteiger partial charge in [-0.15, -0.1) is 0 Å². The van der Waals surface area contributed by atoms with Crippen molar-refractivity contribution in [3.63, 3.8) is 0 Å². The largest absolute Gasteiger partial charge is 0.478 e. The van der Waals surface area contributed by atoms with Crippen LogP contribution in [0.1, 0.15) is 60.8 Å². The quantitative estimate of drug-likeness (QED) is 0.145. The second-order valence-corrected chi connectivity index (χ2v) is 12.1. The number of likely N-dealkylation sites (tertiary alicyclic amines) is 1. The van der Waals surface area contributed by atoms with E-state index in [1.54, 1.807) is 32.3 Å². The van der Waals surface area contributed by atoms with Crippen LogP contribution in [0.25, 0.3) is 0 Å². The average Bonchev–Trinajstić information content (AvgIpc) is 2.91. The molecule has 0 radical (unpaired) electrons. The van der Waals surface area contributed by atoms with Crippen LogP contribution in [0.3, 0.4) is 0 Å². The fourth-order valence-electron chi connectivity index (χ4n) is 5.01. The lowest BCUT2D eigenvalue weighted by Crippen LogP contribution is -2.51. The van der Waals surface area contributed by atoms with Crippen LogP contribution in [0.5, 0.6) is 0 Å². The number of allylic oxidation sites excluding steroid dienone is 4. The molecule has 0 aromatic heterocycles. The minimum absolute atomic E-state index is 0.195. The Bertz CT molecular complexity index is 877. The number of hydrogen-bond donors (Lipinski definition) is 1. The second-order valence-electron chi connectivity index (χ2n) is 11.1. The van der Waals surface area contributed by atoms with Gasteiger partial charge in [0.15, 0.2) is 0 Å². The molecule has 0 bridgehead atoms. The van der Waals surface area contributed by atoms with E-state index in [0.717, 1.165) is 51.1 Å². The Morgan fingerprint density at radius 1 is 1.18 bits per heavy atom. The van der Waals surface area contributed by atoms with Gasteiger partial charge in [-0.05, 0) is 62.9 Å². The molecule has 222 valence electrons. The molecule has 39 heavy (non-hydrogen) atoms. The zero-order chi connectivity index (χ0) is 30.2. The van der Waals surface area contributed by atoms with E-state index in [1.165, 1.54) is 5.57 Å². The summed E-state index contributed by atoms with van der Waals surface area (Å²) in [6.45, 7) is 23.0. The fraction of sp³-hybridized carbons (Fsp3) is 0.625. The van der Waals surface area contributed by atoms with Crippen molar-refractivity contribution in [2.24, 2.45) is 11.3 Å². The highest BCUT2D eigenvalue weighted by Gasteiger charge is 2.36. The van der Waals surface area contributed by atoms with Crippen molar-refractivity contribution in [2.45, 2.75) is 71.7 Å². The number of carbonyl (C=O) groups excluding carboxylic acids is 1. The summed E-state index contributed by atoms with van der Waals surface area (Å²) in [5.41, 5.74) is 2.52. The minimum atomic E-state index is -0.936. The Hall–Kier alpha value is -2.09. The molecule has 1 rings (SSSR count). The molecule has 1 fully saturated rings. The van der Waals surface area contributed by atoms with Crippen LogP contribution in [0, 0.1) is 11.3 Å². The highest BCUT2D eigenvalue weighted by molar-refractivity contribution is 7.99. The van der Waals surface area contributed by atoms with Crippen molar-refractivity contribution >= 4 is 24.5 Å². The highest BCUT2D eigenvalue weighted by atomic mass is 32.2. The molecule has 0 amide bonds. The van der Waals surface area contributed by atoms with Gasteiger partial charge in [0.05, 0.1) is 11.2 Å². The predicted molar refractivity (Wildman–Crippen MR) is 168 cm³/mol. The van der Waals surface area contributed by atoms with Gasteiger partial charge in [0.1, 0.15) is 6.79 Å². The summed E-state index contributed by atoms with van der Waals surface area (Å²) < 4.78 is 6.05. The summed E-state index contributed by atoms with van der Waals surface area (Å²) in [6.07, 6.45) is 17.3. The van der Waals surface area contributed by atoms with Gasteiger partial charge in [-0.3, -0.25) is 4.90 Å². The predicted octanol–water partition coefficient (Wildman–Crippen LogP) is 6.62. The third-order valence-electron chi connectivity index (χ3n) is 7.66. The molecule has 2 atom stereocenters. The van der Waals surface area contributed by atoms with E-state index < -0.39 is 5.97 Å². The number of thioether (sulfide) groups is 1. The van der Waals surface area contributed by atoms with Crippen LogP contribution in [-0.2, 0) is 14.3 Å². The summed E-state index contributed by atoms with van der Waals surface area (Å²) in [4.78, 5) is 23.8. The maximum absolute atomic E-state index is 11.2. The molecule has 0 aliphatic carbocycles. The number of ether oxygens (including phenoxy) is 1. The van der Waals surface area contributed by atoms with Gasteiger partial charge in [-0.2, -0.15) is 11.8 Å². The first kappa shape index (κ1) is 36.9. The molecular weight excluding hydrogens is 508 g/mol. The van der Waals surface area contributed by atoms with Crippen molar-refractivity contribution in [1.29, 1.82) is 0 Å². The number of methoxy groups -OCH3 is 1. The van der Waals surface area contributed by atoms with E-state index in [4.69, 9.17) is 9.53 Å². The van der Waals surface area contributed by atoms with Gasteiger partial charge < -0.3 is 19.5 Å². The molecule has 0 spiro atoms. The lowest BCUT2D eigenvalue weighted by molar-refractivity contribution is -0.132. The molecule has 2 unspecified atom stereocenters. The number of rotatable bonds is 14. The Morgan fingerprint density at radius 3 is 2.18 bits per heavy atom. The van der Waals surface area contributed by atoms with E-state index >= 15 is 0 Å². The summed E-state index contributed by atoms with van der Waals surface area (Å²) in [5.74, 6) is -0.456. The van der Waals surface area contributed by atoms with Gasteiger partial charge in [0, 0.05) is 51.3 Å². The van der Waals surface area contributed by atoms with E-state index in [9.17, 15) is 9.90 Å². The molecule has 6 nitrogen and oxygen atoms in total. The number of aliphatic carboxylic acids is 1. The van der Waals surface area contributed by atoms with Crippen LogP contribution in [0.2, 0.25) is 0 Å². The first-order valence-electron chi connectivity index (χ1n) is 13.8. The van der Waals surface area contributed by atoms with Gasteiger partial charge in [0.2, 0.25) is 0 Å². The molecule has 1 N–H and O–H groups in total. The molecule has 1 aliphatic heterocycles. The number of carbonyl (C=O) groups is 2. The molecule has 7 heteroatoms. The molecule has 1 heterocycles. The maximum Gasteiger partial charge on any atom is 0.335 e. The van der Waals surface area contributed by atoms with E-state index in [1.807, 2.05) is 25.6 Å². The van der Waals surface area contributed by atoms with Crippen molar-refractivity contribution < 1.29 is 19.4 Å². The Labute approximate surface area is 242 Å². The first-order chi connectivity index (χ1) is 18.4. The first-order valence-corrected chi connectivity index (χ1v) is 15.0. The number of piperidine rings is 1. The van der Waals surface area contributed by atoms with Gasteiger partial charge in [0.25, 0.3) is 0 Å². The van der Waals surface area contributed by atoms with E-state index in [-0.39, 0.29) is 16.6 Å². The zero-order valence-corrected chi connectivity index (χ0v) is 26.8. The van der Waals surface area contributed by atoms with Crippen LogP contribution >= 0.6 is 11.8 Å². The third-order valence-corrected chi connectivity index (χ3v) is 8.76. The molecule has 0 aromatic rings. The van der Waals surface area contributed by atoms with Gasteiger partial charge >= 0.3 is 5.97 Å². The van der Waals surface area contributed by atoms with E-state index in [2.05, 4.69) is 75.5 Å². The molecule has 0 aromatic carbocycles. The zero-order valence-electron chi connectivity index (χ0n) is 26.0. The van der Waals surface area contributed by atoms with Gasteiger partial charge in [-0.1, -0.05) is 64.2 Å². The molecule has 1 saturated heterocycles. The summed E-state index contributed by atoms with van der Waals surface area (Å²) in [5, 5.41) is 9.72. The molecule has 0 saturated carbocycles. The third kappa shape index (κ3) is 11.9. The smallest absolute Gasteiger partial charge is 0.335 e. The van der Waals surface area contributed by atoms with Crippen molar-refractivity contribution in [2.75, 3.05) is 46.6 Å². The van der Waals surface area contributed by atoms with Crippen molar-refractivity contribution in [3.8, 4) is 0 Å². The monoisotopic (exact) mass is 562 g/mol. The second kappa shape index (κ2) is 18.3. The van der Waals surface area contributed by atoms with Gasteiger partial charge in [-0.25, -0.2) is 4.79 Å². The topological polar surface area (TPSA) is 70.1 Å². The van der Waals surface area contributed by atoms with E-state index in [0.29, 0.717) is 11.2 Å². The maximum atomic E-state index is 11.2. The Balaban J connectivity index is 0.00000704. The lowest BCUT2D eigenvalue weighted by atomic mass is 9.76. The number of carboxylic acid groups (broad SMARTS) is 1. The standard InChI is InChI=1S/C31H52N2O3S.CH2O/c1-11-25(12-2)28(37-10)27(30(5,6)7)15-14-20-33-21-18-31(36-9,19-22-33)23-32(8)24(4)16-17-26(13-3)29(34)35;1-2/h11,13-17,27-28H,4,12,18-23H2,1-3,5-10H3,(H,34,35);1H2/b15-14+,17-16-,25-11-,26-13+;. The number of carboxylic acids is 1. The summed E-state index contributed by atoms with van der Waals surface area (Å²) >= 11 is 1.97. The van der Waals surface area contributed by atoms with Crippen LogP contribution in [0.4, 0.5) is 0 Å². The molecule has 1 aliphatic rings. The fourth-order valence-corrected chi connectivity index (χ4v) is 6.40. The SMILES string of the molecule is C=C(/C=C\C(=C/C)C(=O)O)N(C)CC1(OC)CCN(C/C=C/C(C(SC)/C(=C\C)CC)C(C)(C)C)CC1.C=O. The Kier molecular flexibility index (Phi) is 17.3. The number of hydrogen-bond acceptors (Lipinski definition) is 6. The highest BCUT2D eigenvalue weighted by Crippen LogP contribution is 2.39. The average molecular weight is 563 g/mol. The van der Waals surface area contributed by atoms with Crippen molar-refractivity contribution in [3.05, 3.63) is 59.9 Å². The normalized spacial score (nSPS) is 18.5. The summed E-state index contributed by atoms with van der Waals surface area (Å²) in [6, 6.07) is 0. The van der Waals surface area contributed by atoms with Crippen LogP contribution in [0.15, 0.2) is 59.9 Å². The Morgan fingerprint density at radius 2 is 1.77 bits per heavy atom. The minimum Gasteiger partial charge on any atom is -0.478 e. The number of nitrogens with zero attached hydrogens (tertiary/aromatic N) is 2. The van der Waals surface area contributed by atoms with Crippen LogP contribution < -0.4 is 0 Å². The summed E-state index contributed by atoms with van der Waals surface area (Å²) in [7, 11) is 3.79. The van der Waals surface area contributed by atoms with Crippen molar-refractivity contribution in [1.82, 2.24) is 9.80 Å². The lowest BCUT2D eigenvalue weighted by Gasteiger charge is -2.43.